The zero-order chi connectivity index (χ0) is 20.3. The third kappa shape index (κ3) is 8.04. The minimum atomic E-state index is 0.565. The standard InChI is InChI=1S/C28H50O/c1-3-5-7-9-24-10-16-26(17-11-24)27-18-12-25(13-19-27)22-29-28-20-14-23(15-21-28)8-6-4-2/h4,23-28H,2-3,5-22H2,1H3. The van der Waals surface area contributed by atoms with Crippen molar-refractivity contribution in [3.63, 3.8) is 0 Å². The molecule has 3 fully saturated rings. The quantitative estimate of drug-likeness (QED) is 0.248. The SMILES string of the molecule is C=CCCC1CCC(OCC2CCC(C3CCC(CCCCC)CC3)CC2)CC1. The van der Waals surface area contributed by atoms with E-state index in [0.29, 0.717) is 6.10 Å². The summed E-state index contributed by atoms with van der Waals surface area (Å²) in [4.78, 5) is 0. The zero-order valence-corrected chi connectivity index (χ0v) is 19.6. The van der Waals surface area contributed by atoms with Gasteiger partial charge < -0.3 is 4.74 Å². The molecule has 29 heavy (non-hydrogen) atoms. The predicted octanol–water partition coefficient (Wildman–Crippen LogP) is 8.72. The monoisotopic (exact) mass is 402 g/mol. The number of rotatable bonds is 11. The lowest BCUT2D eigenvalue weighted by Gasteiger charge is -2.38. The molecule has 1 nitrogen and oxygen atoms in total. The second-order valence-electron chi connectivity index (χ2n) is 10.9. The molecule has 0 N–H and O–H groups in total. The summed E-state index contributed by atoms with van der Waals surface area (Å²) >= 11 is 0. The molecule has 0 aromatic heterocycles. The summed E-state index contributed by atoms with van der Waals surface area (Å²) in [6.07, 6.45) is 28.4. The Kier molecular flexibility index (Phi) is 10.6. The van der Waals surface area contributed by atoms with Gasteiger partial charge in [-0.05, 0) is 107 Å². The molecule has 0 aromatic rings. The maximum absolute atomic E-state index is 6.40. The maximum atomic E-state index is 6.40. The summed E-state index contributed by atoms with van der Waals surface area (Å²) in [6.45, 7) is 7.25. The van der Waals surface area contributed by atoms with E-state index in [1.807, 2.05) is 0 Å². The lowest BCUT2D eigenvalue weighted by Crippen LogP contribution is -2.29. The molecular weight excluding hydrogens is 352 g/mol. The molecule has 3 saturated carbocycles. The molecule has 0 unspecified atom stereocenters. The van der Waals surface area contributed by atoms with Gasteiger partial charge >= 0.3 is 0 Å². The van der Waals surface area contributed by atoms with E-state index in [1.54, 1.807) is 0 Å². The molecule has 0 aromatic carbocycles. The average molecular weight is 403 g/mol. The molecule has 3 aliphatic rings. The predicted molar refractivity (Wildman–Crippen MR) is 126 cm³/mol. The molecule has 0 bridgehead atoms. The fourth-order valence-electron chi connectivity index (χ4n) is 6.67. The van der Waals surface area contributed by atoms with Crippen molar-refractivity contribution in [2.75, 3.05) is 6.61 Å². The fraction of sp³-hybridized carbons (Fsp3) is 0.929. The minimum Gasteiger partial charge on any atom is -0.378 e. The zero-order valence-electron chi connectivity index (χ0n) is 19.6. The molecular formula is C28H50O. The van der Waals surface area contributed by atoms with Crippen molar-refractivity contribution in [2.45, 2.75) is 129 Å². The van der Waals surface area contributed by atoms with Crippen molar-refractivity contribution in [1.29, 1.82) is 0 Å². The van der Waals surface area contributed by atoms with E-state index in [2.05, 4.69) is 19.6 Å². The Morgan fingerprint density at radius 3 is 1.83 bits per heavy atom. The highest BCUT2D eigenvalue weighted by Gasteiger charge is 2.31. The second-order valence-corrected chi connectivity index (χ2v) is 10.9. The first kappa shape index (κ1) is 23.4. The first-order chi connectivity index (χ1) is 14.3. The molecule has 3 aliphatic carbocycles. The van der Waals surface area contributed by atoms with Crippen LogP contribution in [0.15, 0.2) is 12.7 Å². The molecule has 0 aliphatic heterocycles. The first-order valence-corrected chi connectivity index (χ1v) is 13.5. The van der Waals surface area contributed by atoms with E-state index in [0.717, 1.165) is 36.2 Å². The number of unbranched alkanes of at least 4 members (excludes halogenated alkanes) is 2. The summed E-state index contributed by atoms with van der Waals surface area (Å²) in [6, 6.07) is 0. The van der Waals surface area contributed by atoms with Gasteiger partial charge in [0.15, 0.2) is 0 Å². The van der Waals surface area contributed by atoms with Crippen molar-refractivity contribution in [3.05, 3.63) is 12.7 Å². The van der Waals surface area contributed by atoms with Crippen molar-refractivity contribution in [2.24, 2.45) is 29.6 Å². The van der Waals surface area contributed by atoms with Crippen LogP contribution in [0.2, 0.25) is 0 Å². The summed E-state index contributed by atoms with van der Waals surface area (Å²) in [5.41, 5.74) is 0. The number of hydrogen-bond acceptors (Lipinski definition) is 1. The highest BCUT2D eigenvalue weighted by Crippen LogP contribution is 2.42. The van der Waals surface area contributed by atoms with Crippen LogP contribution < -0.4 is 0 Å². The molecule has 0 spiro atoms. The van der Waals surface area contributed by atoms with Crippen molar-refractivity contribution in [3.8, 4) is 0 Å². The molecule has 0 heterocycles. The van der Waals surface area contributed by atoms with Crippen LogP contribution in [-0.2, 0) is 4.74 Å². The van der Waals surface area contributed by atoms with Crippen LogP contribution in [0.25, 0.3) is 0 Å². The Balaban J connectivity index is 1.24. The molecule has 0 atom stereocenters. The second kappa shape index (κ2) is 13.2. The van der Waals surface area contributed by atoms with Gasteiger partial charge in [-0.3, -0.25) is 0 Å². The van der Waals surface area contributed by atoms with Crippen LogP contribution in [0, 0.1) is 29.6 Å². The topological polar surface area (TPSA) is 9.23 Å². The van der Waals surface area contributed by atoms with Crippen molar-refractivity contribution >= 4 is 0 Å². The van der Waals surface area contributed by atoms with E-state index in [9.17, 15) is 0 Å². The Labute approximate surface area is 182 Å². The Morgan fingerprint density at radius 2 is 1.24 bits per heavy atom. The van der Waals surface area contributed by atoms with Crippen LogP contribution in [-0.4, -0.2) is 12.7 Å². The summed E-state index contributed by atoms with van der Waals surface area (Å²) in [5.74, 6) is 4.96. The maximum Gasteiger partial charge on any atom is 0.0575 e. The van der Waals surface area contributed by atoms with E-state index in [4.69, 9.17) is 4.74 Å². The summed E-state index contributed by atoms with van der Waals surface area (Å²) < 4.78 is 6.40. The normalized spacial score (nSPS) is 36.0. The van der Waals surface area contributed by atoms with Crippen LogP contribution in [0.5, 0.6) is 0 Å². The van der Waals surface area contributed by atoms with Gasteiger partial charge in [-0.25, -0.2) is 0 Å². The van der Waals surface area contributed by atoms with Crippen molar-refractivity contribution < 1.29 is 4.74 Å². The van der Waals surface area contributed by atoms with Gasteiger partial charge in [0.2, 0.25) is 0 Å². The van der Waals surface area contributed by atoms with Crippen LogP contribution in [0.3, 0.4) is 0 Å². The highest BCUT2D eigenvalue weighted by molar-refractivity contribution is 4.83. The van der Waals surface area contributed by atoms with Gasteiger partial charge in [0.25, 0.3) is 0 Å². The number of ether oxygens (including phenoxy) is 1. The lowest BCUT2D eigenvalue weighted by atomic mass is 9.69. The van der Waals surface area contributed by atoms with Gasteiger partial charge in [-0.2, -0.15) is 0 Å². The average Bonchev–Trinajstić information content (AvgIpc) is 2.78. The third-order valence-corrected chi connectivity index (χ3v) is 8.81. The fourth-order valence-corrected chi connectivity index (χ4v) is 6.67. The van der Waals surface area contributed by atoms with Gasteiger partial charge in [0.05, 0.1) is 6.10 Å². The third-order valence-electron chi connectivity index (χ3n) is 8.81. The molecule has 0 amide bonds. The molecule has 0 saturated heterocycles. The van der Waals surface area contributed by atoms with Gasteiger partial charge in [0.1, 0.15) is 0 Å². The Bertz CT molecular complexity index is 420. The summed E-state index contributed by atoms with van der Waals surface area (Å²) in [5, 5.41) is 0. The Hall–Kier alpha value is -0.300. The van der Waals surface area contributed by atoms with Crippen molar-refractivity contribution in [1.82, 2.24) is 0 Å². The largest absolute Gasteiger partial charge is 0.378 e. The van der Waals surface area contributed by atoms with E-state index < -0.39 is 0 Å². The van der Waals surface area contributed by atoms with E-state index >= 15 is 0 Å². The molecule has 1 heteroatoms. The van der Waals surface area contributed by atoms with Gasteiger partial charge in [0, 0.05) is 6.61 Å². The van der Waals surface area contributed by atoms with E-state index in [-0.39, 0.29) is 0 Å². The smallest absolute Gasteiger partial charge is 0.0575 e. The van der Waals surface area contributed by atoms with Crippen LogP contribution in [0.1, 0.15) is 122 Å². The number of hydrogen-bond donors (Lipinski definition) is 0. The van der Waals surface area contributed by atoms with Gasteiger partial charge in [-0.1, -0.05) is 51.5 Å². The van der Waals surface area contributed by atoms with Crippen LogP contribution >= 0.6 is 0 Å². The van der Waals surface area contributed by atoms with E-state index in [1.165, 1.54) is 116 Å². The number of allylic oxidation sites excluding steroid dienone is 1. The Morgan fingerprint density at radius 1 is 0.690 bits per heavy atom. The molecule has 168 valence electrons. The summed E-state index contributed by atoms with van der Waals surface area (Å²) in [7, 11) is 0. The minimum absolute atomic E-state index is 0.565. The first-order valence-electron chi connectivity index (χ1n) is 13.5. The highest BCUT2D eigenvalue weighted by atomic mass is 16.5. The van der Waals surface area contributed by atoms with Gasteiger partial charge in [-0.15, -0.1) is 6.58 Å². The molecule has 0 radical (unpaired) electrons. The molecule has 3 rings (SSSR count). The lowest BCUT2D eigenvalue weighted by molar-refractivity contribution is -0.0128. The van der Waals surface area contributed by atoms with Crippen LogP contribution in [0.4, 0.5) is 0 Å².